The van der Waals surface area contributed by atoms with Crippen LogP contribution in [-0.4, -0.2) is 68.6 Å². The fraction of sp³-hybridized carbons (Fsp3) is 0.333. The van der Waals surface area contributed by atoms with E-state index >= 15 is 0 Å². The molecular formula is C24H26N2O5. The fourth-order valence-electron chi connectivity index (χ4n) is 3.86. The smallest absolute Gasteiger partial charge is 0.257 e. The summed E-state index contributed by atoms with van der Waals surface area (Å²) < 4.78 is 16.1. The van der Waals surface area contributed by atoms with Gasteiger partial charge in [-0.25, -0.2) is 0 Å². The van der Waals surface area contributed by atoms with Crippen LogP contribution in [0.15, 0.2) is 42.5 Å². The molecule has 0 saturated carbocycles. The maximum atomic E-state index is 12.9. The lowest BCUT2D eigenvalue weighted by Crippen LogP contribution is -2.50. The van der Waals surface area contributed by atoms with Crippen molar-refractivity contribution in [2.24, 2.45) is 0 Å². The monoisotopic (exact) mass is 422 g/mol. The van der Waals surface area contributed by atoms with E-state index in [1.165, 1.54) is 12.7 Å². The minimum absolute atomic E-state index is 0.0501. The molecule has 2 aromatic rings. The Morgan fingerprint density at radius 3 is 2.48 bits per heavy atom. The highest BCUT2D eigenvalue weighted by atomic mass is 16.5. The molecule has 2 aromatic carbocycles. The predicted molar refractivity (Wildman–Crippen MR) is 117 cm³/mol. The van der Waals surface area contributed by atoms with E-state index in [9.17, 15) is 9.59 Å². The lowest BCUT2D eigenvalue weighted by Gasteiger charge is -2.34. The minimum Gasteiger partial charge on any atom is -0.497 e. The fourth-order valence-corrected chi connectivity index (χ4v) is 3.86. The molecule has 0 aliphatic carbocycles. The zero-order valence-electron chi connectivity index (χ0n) is 17.8. The van der Waals surface area contributed by atoms with Crippen molar-refractivity contribution in [3.8, 4) is 17.2 Å². The summed E-state index contributed by atoms with van der Waals surface area (Å²) >= 11 is 0. The minimum atomic E-state index is -0.109. The molecule has 0 N–H and O–H groups in total. The first-order valence-corrected chi connectivity index (χ1v) is 10.3. The zero-order chi connectivity index (χ0) is 21.8. The zero-order valence-corrected chi connectivity index (χ0v) is 17.8. The SMILES string of the molecule is COc1ccc(C(=O)N2CCN(C(=O)/C=C/c3ccc4c(c3)CCO4)CC2)c(OC)c1. The van der Waals surface area contributed by atoms with Crippen LogP contribution in [0.3, 0.4) is 0 Å². The van der Waals surface area contributed by atoms with Gasteiger partial charge in [-0.3, -0.25) is 9.59 Å². The van der Waals surface area contributed by atoms with E-state index in [-0.39, 0.29) is 11.8 Å². The third kappa shape index (κ3) is 4.50. The number of piperazine rings is 1. The van der Waals surface area contributed by atoms with Gasteiger partial charge in [-0.1, -0.05) is 6.07 Å². The van der Waals surface area contributed by atoms with Crippen LogP contribution < -0.4 is 14.2 Å². The third-order valence-electron chi connectivity index (χ3n) is 5.65. The van der Waals surface area contributed by atoms with E-state index < -0.39 is 0 Å². The molecule has 2 amide bonds. The molecule has 0 unspecified atom stereocenters. The standard InChI is InChI=1S/C24H26N2O5/c1-29-19-5-6-20(22(16-19)30-2)24(28)26-12-10-25(11-13-26)23(27)8-4-17-3-7-21-18(15-17)9-14-31-21/h3-8,15-16H,9-14H2,1-2H3/b8-4+. The van der Waals surface area contributed by atoms with Crippen molar-refractivity contribution < 1.29 is 23.8 Å². The average Bonchev–Trinajstić information content (AvgIpc) is 3.29. The molecule has 2 heterocycles. The van der Waals surface area contributed by atoms with E-state index in [2.05, 4.69) is 6.07 Å². The van der Waals surface area contributed by atoms with E-state index in [0.717, 1.165) is 17.7 Å². The molecule has 1 saturated heterocycles. The summed E-state index contributed by atoms with van der Waals surface area (Å²) in [6.45, 7) is 2.65. The molecule has 0 atom stereocenters. The Bertz CT molecular complexity index is 1010. The molecule has 31 heavy (non-hydrogen) atoms. The van der Waals surface area contributed by atoms with Crippen molar-refractivity contribution in [3.05, 3.63) is 59.2 Å². The third-order valence-corrected chi connectivity index (χ3v) is 5.65. The van der Waals surface area contributed by atoms with Gasteiger partial charge in [-0.05, 0) is 41.5 Å². The van der Waals surface area contributed by atoms with Crippen molar-refractivity contribution in [1.82, 2.24) is 9.80 Å². The molecule has 0 radical (unpaired) electrons. The highest BCUT2D eigenvalue weighted by molar-refractivity contribution is 5.97. The van der Waals surface area contributed by atoms with E-state index in [1.54, 1.807) is 41.2 Å². The number of hydrogen-bond acceptors (Lipinski definition) is 5. The van der Waals surface area contributed by atoms with Gasteiger partial charge in [-0.15, -0.1) is 0 Å². The molecule has 162 valence electrons. The number of ether oxygens (including phenoxy) is 3. The number of carbonyl (C=O) groups excluding carboxylic acids is 2. The molecular weight excluding hydrogens is 396 g/mol. The first-order chi connectivity index (χ1) is 15.1. The molecule has 1 fully saturated rings. The number of hydrogen-bond donors (Lipinski definition) is 0. The van der Waals surface area contributed by atoms with Crippen LogP contribution in [0.1, 0.15) is 21.5 Å². The summed E-state index contributed by atoms with van der Waals surface area (Å²) in [4.78, 5) is 29.1. The van der Waals surface area contributed by atoms with Gasteiger partial charge in [0.15, 0.2) is 0 Å². The van der Waals surface area contributed by atoms with Crippen LogP contribution in [0.2, 0.25) is 0 Å². The highest BCUT2D eigenvalue weighted by Crippen LogP contribution is 2.27. The number of benzene rings is 2. The summed E-state index contributed by atoms with van der Waals surface area (Å²) in [5.74, 6) is 1.88. The largest absolute Gasteiger partial charge is 0.497 e. The van der Waals surface area contributed by atoms with Crippen LogP contribution in [-0.2, 0) is 11.2 Å². The van der Waals surface area contributed by atoms with Gasteiger partial charge in [0.2, 0.25) is 5.91 Å². The Kier molecular flexibility index (Phi) is 6.11. The second kappa shape index (κ2) is 9.12. The van der Waals surface area contributed by atoms with Crippen LogP contribution in [0.25, 0.3) is 6.08 Å². The van der Waals surface area contributed by atoms with E-state index in [0.29, 0.717) is 49.8 Å². The number of nitrogens with zero attached hydrogens (tertiary/aromatic N) is 2. The molecule has 2 aliphatic heterocycles. The second-order valence-electron chi connectivity index (χ2n) is 7.48. The number of methoxy groups -OCH3 is 2. The molecule has 7 heteroatoms. The van der Waals surface area contributed by atoms with Crippen molar-refractivity contribution in [2.75, 3.05) is 47.0 Å². The summed E-state index contributed by atoms with van der Waals surface area (Å²) in [5, 5.41) is 0. The summed E-state index contributed by atoms with van der Waals surface area (Å²) in [7, 11) is 3.10. The molecule has 0 bridgehead atoms. The van der Waals surface area contributed by atoms with Crippen LogP contribution in [0.4, 0.5) is 0 Å². The second-order valence-corrected chi connectivity index (χ2v) is 7.48. The van der Waals surface area contributed by atoms with Crippen molar-refractivity contribution >= 4 is 17.9 Å². The Balaban J connectivity index is 1.35. The topological polar surface area (TPSA) is 68.3 Å². The van der Waals surface area contributed by atoms with Gasteiger partial charge in [0.25, 0.3) is 5.91 Å². The normalized spacial score (nSPS) is 15.5. The van der Waals surface area contributed by atoms with E-state index in [4.69, 9.17) is 14.2 Å². The molecule has 2 aliphatic rings. The number of rotatable bonds is 5. The van der Waals surface area contributed by atoms with Gasteiger partial charge < -0.3 is 24.0 Å². The van der Waals surface area contributed by atoms with Gasteiger partial charge in [0.05, 0.1) is 26.4 Å². The van der Waals surface area contributed by atoms with Crippen molar-refractivity contribution in [3.63, 3.8) is 0 Å². The number of fused-ring (bicyclic) bond motifs is 1. The summed E-state index contributed by atoms with van der Waals surface area (Å²) in [6.07, 6.45) is 4.34. The van der Waals surface area contributed by atoms with Crippen LogP contribution in [0, 0.1) is 0 Å². The lowest BCUT2D eigenvalue weighted by atomic mass is 10.1. The van der Waals surface area contributed by atoms with Gasteiger partial charge in [0.1, 0.15) is 17.2 Å². The van der Waals surface area contributed by atoms with Crippen LogP contribution in [0.5, 0.6) is 17.2 Å². The Hall–Kier alpha value is -3.48. The summed E-state index contributed by atoms with van der Waals surface area (Å²) in [6, 6.07) is 11.1. The summed E-state index contributed by atoms with van der Waals surface area (Å²) in [5.41, 5.74) is 2.65. The Labute approximate surface area is 181 Å². The quantitative estimate of drug-likeness (QED) is 0.693. The number of carbonyl (C=O) groups is 2. The average molecular weight is 422 g/mol. The first kappa shape index (κ1) is 20.8. The lowest BCUT2D eigenvalue weighted by molar-refractivity contribution is -0.127. The maximum Gasteiger partial charge on any atom is 0.257 e. The maximum absolute atomic E-state index is 12.9. The van der Waals surface area contributed by atoms with Crippen molar-refractivity contribution in [2.45, 2.75) is 6.42 Å². The Morgan fingerprint density at radius 1 is 0.968 bits per heavy atom. The molecule has 7 nitrogen and oxygen atoms in total. The van der Waals surface area contributed by atoms with Crippen LogP contribution >= 0.6 is 0 Å². The molecule has 0 aromatic heterocycles. The number of amides is 2. The van der Waals surface area contributed by atoms with Gasteiger partial charge >= 0.3 is 0 Å². The molecule has 4 rings (SSSR count). The molecule has 0 spiro atoms. The highest BCUT2D eigenvalue weighted by Gasteiger charge is 2.26. The Morgan fingerprint density at radius 2 is 1.74 bits per heavy atom. The predicted octanol–water partition coefficient (Wildman–Crippen LogP) is 2.64. The van der Waals surface area contributed by atoms with E-state index in [1.807, 2.05) is 18.2 Å². The van der Waals surface area contributed by atoms with Crippen molar-refractivity contribution in [1.29, 1.82) is 0 Å². The van der Waals surface area contributed by atoms with Gasteiger partial charge in [0, 0.05) is 44.7 Å². The van der Waals surface area contributed by atoms with Gasteiger partial charge in [-0.2, -0.15) is 0 Å². The first-order valence-electron chi connectivity index (χ1n) is 10.3.